The van der Waals surface area contributed by atoms with Gasteiger partial charge in [-0.1, -0.05) is 48.5 Å². The molecule has 2 amide bonds. The molecule has 0 bridgehead atoms. The average Bonchev–Trinajstić information content (AvgIpc) is 2.57. The molecule has 0 heterocycles. The smallest absolute Gasteiger partial charge is 0.223 e. The molecule has 0 saturated carbocycles. The van der Waals surface area contributed by atoms with E-state index in [2.05, 4.69) is 5.32 Å². The zero-order valence-corrected chi connectivity index (χ0v) is 14.3. The van der Waals surface area contributed by atoms with Crippen molar-refractivity contribution >= 4 is 17.5 Å². The highest BCUT2D eigenvalue weighted by Crippen LogP contribution is 2.19. The number of hydrogen-bond donors (Lipinski definition) is 1. The summed E-state index contributed by atoms with van der Waals surface area (Å²) < 4.78 is 0. The second-order valence-corrected chi connectivity index (χ2v) is 5.79. The topological polar surface area (TPSA) is 49.4 Å². The normalized spacial score (nSPS) is 10.2. The van der Waals surface area contributed by atoms with Crippen LogP contribution in [-0.2, 0) is 16.0 Å². The molecule has 1 N–H and O–H groups in total. The number of para-hydroxylation sites is 1. The fourth-order valence-electron chi connectivity index (χ4n) is 2.61. The Morgan fingerprint density at radius 1 is 1.00 bits per heavy atom. The zero-order valence-electron chi connectivity index (χ0n) is 14.3. The summed E-state index contributed by atoms with van der Waals surface area (Å²) in [6.45, 7) is 4.48. The van der Waals surface area contributed by atoms with E-state index in [4.69, 9.17) is 0 Å². The minimum absolute atomic E-state index is 0.0363. The molecule has 24 heavy (non-hydrogen) atoms. The van der Waals surface area contributed by atoms with E-state index in [9.17, 15) is 9.59 Å². The number of carbonyl (C=O) groups is 2. The van der Waals surface area contributed by atoms with E-state index >= 15 is 0 Å². The van der Waals surface area contributed by atoms with Crippen LogP contribution >= 0.6 is 0 Å². The first-order chi connectivity index (χ1) is 11.6. The van der Waals surface area contributed by atoms with Gasteiger partial charge in [-0.3, -0.25) is 9.59 Å². The number of amides is 2. The SMILES string of the molecule is CC(=O)N(CCC(=O)NCCc1ccccc1)c1ccccc1C. The molecule has 0 aromatic heterocycles. The van der Waals surface area contributed by atoms with Crippen molar-refractivity contribution in [2.45, 2.75) is 26.7 Å². The summed E-state index contributed by atoms with van der Waals surface area (Å²) in [7, 11) is 0. The lowest BCUT2D eigenvalue weighted by Gasteiger charge is -2.22. The first-order valence-electron chi connectivity index (χ1n) is 8.22. The number of carbonyl (C=O) groups excluding carboxylic acids is 2. The number of nitrogens with one attached hydrogen (secondary N) is 1. The highest BCUT2D eigenvalue weighted by atomic mass is 16.2. The second kappa shape index (κ2) is 8.87. The van der Waals surface area contributed by atoms with Gasteiger partial charge in [0.25, 0.3) is 0 Å². The van der Waals surface area contributed by atoms with Gasteiger partial charge in [0.1, 0.15) is 0 Å². The Balaban J connectivity index is 1.82. The fraction of sp³-hybridized carbons (Fsp3) is 0.300. The van der Waals surface area contributed by atoms with Gasteiger partial charge in [0.2, 0.25) is 11.8 Å². The van der Waals surface area contributed by atoms with Crippen molar-refractivity contribution in [2.24, 2.45) is 0 Å². The van der Waals surface area contributed by atoms with Crippen LogP contribution in [0.2, 0.25) is 0 Å². The Kier molecular flexibility index (Phi) is 6.55. The summed E-state index contributed by atoms with van der Waals surface area (Å²) in [5.74, 6) is -0.0906. The van der Waals surface area contributed by atoms with Gasteiger partial charge in [-0.25, -0.2) is 0 Å². The van der Waals surface area contributed by atoms with Crippen molar-refractivity contribution in [2.75, 3.05) is 18.0 Å². The number of benzene rings is 2. The average molecular weight is 324 g/mol. The van der Waals surface area contributed by atoms with E-state index in [1.807, 2.05) is 61.5 Å². The molecule has 2 rings (SSSR count). The van der Waals surface area contributed by atoms with Crippen LogP contribution in [0.3, 0.4) is 0 Å². The van der Waals surface area contributed by atoms with E-state index in [1.165, 1.54) is 12.5 Å². The lowest BCUT2D eigenvalue weighted by Crippen LogP contribution is -2.34. The first kappa shape index (κ1) is 17.7. The van der Waals surface area contributed by atoms with Crippen LogP contribution in [0.5, 0.6) is 0 Å². The molecule has 0 unspecified atom stereocenters. The van der Waals surface area contributed by atoms with Crippen LogP contribution in [0.1, 0.15) is 24.5 Å². The number of hydrogen-bond acceptors (Lipinski definition) is 2. The zero-order chi connectivity index (χ0) is 17.4. The summed E-state index contributed by atoms with van der Waals surface area (Å²) >= 11 is 0. The lowest BCUT2D eigenvalue weighted by atomic mass is 10.1. The Bertz CT molecular complexity index is 683. The Morgan fingerprint density at radius 2 is 1.67 bits per heavy atom. The van der Waals surface area contributed by atoms with Crippen LogP contribution in [0.15, 0.2) is 54.6 Å². The van der Waals surface area contributed by atoms with Gasteiger partial charge in [-0.2, -0.15) is 0 Å². The maximum atomic E-state index is 12.0. The molecule has 126 valence electrons. The quantitative estimate of drug-likeness (QED) is 0.851. The predicted octanol–water partition coefficient (Wildman–Crippen LogP) is 3.10. The number of anilines is 1. The van der Waals surface area contributed by atoms with Crippen molar-refractivity contribution in [3.8, 4) is 0 Å². The molecule has 0 atom stereocenters. The Hall–Kier alpha value is -2.62. The summed E-state index contributed by atoms with van der Waals surface area (Å²) in [5.41, 5.74) is 3.09. The van der Waals surface area contributed by atoms with Gasteiger partial charge in [0.15, 0.2) is 0 Å². The highest BCUT2D eigenvalue weighted by Gasteiger charge is 2.14. The molecule has 0 aliphatic rings. The molecule has 0 aliphatic heterocycles. The lowest BCUT2D eigenvalue weighted by molar-refractivity contribution is -0.121. The number of rotatable bonds is 7. The molecular formula is C20H24N2O2. The van der Waals surface area contributed by atoms with Gasteiger partial charge < -0.3 is 10.2 Å². The molecule has 0 fully saturated rings. The summed E-state index contributed by atoms with van der Waals surface area (Å²) in [5, 5.41) is 2.91. The molecule has 0 radical (unpaired) electrons. The second-order valence-electron chi connectivity index (χ2n) is 5.79. The van der Waals surface area contributed by atoms with Crippen molar-refractivity contribution < 1.29 is 9.59 Å². The molecule has 0 saturated heterocycles. The van der Waals surface area contributed by atoms with Gasteiger partial charge in [-0.05, 0) is 30.5 Å². The highest BCUT2D eigenvalue weighted by molar-refractivity contribution is 5.93. The van der Waals surface area contributed by atoms with Gasteiger partial charge in [-0.15, -0.1) is 0 Å². The number of nitrogens with zero attached hydrogens (tertiary/aromatic N) is 1. The van der Waals surface area contributed by atoms with E-state index < -0.39 is 0 Å². The molecular weight excluding hydrogens is 300 g/mol. The third-order valence-electron chi connectivity index (χ3n) is 3.93. The largest absolute Gasteiger partial charge is 0.356 e. The van der Waals surface area contributed by atoms with Gasteiger partial charge >= 0.3 is 0 Å². The third-order valence-corrected chi connectivity index (χ3v) is 3.93. The Morgan fingerprint density at radius 3 is 2.33 bits per heavy atom. The summed E-state index contributed by atoms with van der Waals surface area (Å²) in [6.07, 6.45) is 1.10. The monoisotopic (exact) mass is 324 g/mol. The van der Waals surface area contributed by atoms with Crippen molar-refractivity contribution in [3.05, 3.63) is 65.7 Å². The maximum absolute atomic E-state index is 12.0. The van der Waals surface area contributed by atoms with Gasteiger partial charge in [0.05, 0.1) is 0 Å². The van der Waals surface area contributed by atoms with E-state index in [1.54, 1.807) is 4.90 Å². The minimum atomic E-state index is -0.0543. The molecule has 0 aliphatic carbocycles. The fourth-order valence-corrected chi connectivity index (χ4v) is 2.61. The maximum Gasteiger partial charge on any atom is 0.223 e. The van der Waals surface area contributed by atoms with Crippen molar-refractivity contribution in [1.82, 2.24) is 5.32 Å². The molecule has 2 aromatic rings. The minimum Gasteiger partial charge on any atom is -0.356 e. The number of aryl methyl sites for hydroxylation is 1. The molecule has 2 aromatic carbocycles. The first-order valence-corrected chi connectivity index (χ1v) is 8.22. The molecule has 0 spiro atoms. The third kappa shape index (κ3) is 5.23. The van der Waals surface area contributed by atoms with Crippen LogP contribution in [0.25, 0.3) is 0 Å². The van der Waals surface area contributed by atoms with E-state index in [0.29, 0.717) is 19.5 Å². The van der Waals surface area contributed by atoms with Crippen LogP contribution in [-0.4, -0.2) is 24.9 Å². The van der Waals surface area contributed by atoms with E-state index in [-0.39, 0.29) is 11.8 Å². The van der Waals surface area contributed by atoms with Crippen LogP contribution in [0.4, 0.5) is 5.69 Å². The van der Waals surface area contributed by atoms with Crippen LogP contribution < -0.4 is 10.2 Å². The Labute approximate surface area is 143 Å². The summed E-state index contributed by atoms with van der Waals surface area (Å²) in [6, 6.07) is 17.8. The van der Waals surface area contributed by atoms with Crippen LogP contribution in [0, 0.1) is 6.92 Å². The molecule has 4 nitrogen and oxygen atoms in total. The van der Waals surface area contributed by atoms with Crippen molar-refractivity contribution in [3.63, 3.8) is 0 Å². The molecule has 4 heteroatoms. The summed E-state index contributed by atoms with van der Waals surface area (Å²) in [4.78, 5) is 25.6. The van der Waals surface area contributed by atoms with E-state index in [0.717, 1.165) is 17.7 Å². The standard InChI is InChI=1S/C20H24N2O2/c1-16-8-6-7-11-19(16)22(17(2)23)15-13-20(24)21-14-12-18-9-4-3-5-10-18/h3-11H,12-15H2,1-2H3,(H,21,24). The predicted molar refractivity (Wildman–Crippen MR) is 97.0 cm³/mol. The van der Waals surface area contributed by atoms with Crippen molar-refractivity contribution in [1.29, 1.82) is 0 Å². The van der Waals surface area contributed by atoms with Gasteiger partial charge in [0, 0.05) is 32.1 Å².